The molecule has 1 N–H and O–H groups in total. The van der Waals surface area contributed by atoms with Gasteiger partial charge in [-0.25, -0.2) is 13.4 Å². The van der Waals surface area contributed by atoms with Crippen LogP contribution in [0.2, 0.25) is 0 Å². The topological polar surface area (TPSA) is 101 Å². The first-order valence-electron chi connectivity index (χ1n) is 8.46. The molecule has 1 aromatic carbocycles. The molecule has 0 spiro atoms. The molecule has 8 nitrogen and oxygen atoms in total. The first-order valence-corrected chi connectivity index (χ1v) is 9.90. The fourth-order valence-electron chi connectivity index (χ4n) is 3.51. The summed E-state index contributed by atoms with van der Waals surface area (Å²) in [5.41, 5.74) is 1.52. The average Bonchev–Trinajstić information content (AvgIpc) is 3.07. The van der Waals surface area contributed by atoms with Crippen LogP contribution in [0.3, 0.4) is 0 Å². The van der Waals surface area contributed by atoms with E-state index in [1.165, 1.54) is 12.1 Å². The number of aromatic amines is 1. The van der Waals surface area contributed by atoms with E-state index in [9.17, 15) is 13.2 Å². The van der Waals surface area contributed by atoms with Gasteiger partial charge in [0.15, 0.2) is 0 Å². The highest BCUT2D eigenvalue weighted by Crippen LogP contribution is 2.35. The lowest BCUT2D eigenvalue weighted by atomic mass is 10.0. The summed E-state index contributed by atoms with van der Waals surface area (Å²) in [6.45, 7) is 0.468. The third kappa shape index (κ3) is 2.82. The van der Waals surface area contributed by atoms with Crippen molar-refractivity contribution in [2.24, 2.45) is 7.05 Å². The largest absolute Gasteiger partial charge is 0.319 e. The summed E-state index contributed by atoms with van der Waals surface area (Å²) < 4.78 is 29.9. The van der Waals surface area contributed by atoms with Gasteiger partial charge in [-0.1, -0.05) is 6.42 Å². The normalized spacial score (nSPS) is 19.0. The molecular formula is C17H19N5O3S. The molecule has 1 aliphatic rings. The van der Waals surface area contributed by atoms with Gasteiger partial charge in [-0.05, 0) is 37.1 Å². The van der Waals surface area contributed by atoms with E-state index in [1.807, 2.05) is 13.1 Å². The first-order chi connectivity index (χ1) is 12.5. The van der Waals surface area contributed by atoms with Crippen LogP contribution in [0.4, 0.5) is 0 Å². The number of sulfonamides is 1. The second-order valence-corrected chi connectivity index (χ2v) is 8.32. The number of aryl methyl sites for hydroxylation is 1. The smallest absolute Gasteiger partial charge is 0.266 e. The van der Waals surface area contributed by atoms with Crippen LogP contribution in [0.25, 0.3) is 11.0 Å². The number of nitrogens with one attached hydrogen (secondary N) is 1. The molecule has 3 heterocycles. The zero-order valence-corrected chi connectivity index (χ0v) is 15.1. The molecule has 1 aliphatic heterocycles. The van der Waals surface area contributed by atoms with Crippen molar-refractivity contribution in [1.82, 2.24) is 24.1 Å². The standard InChI is InChI=1S/C17H19N5O3S/c1-21-15(7-8-19-21)16-4-2-3-9-22(16)26(24,25)12-5-6-13-14(10-12)18-11-17(23)20-13/h5-8,10-11,16H,2-4,9H2,1H3,(H,20,23). The number of fused-ring (bicyclic) bond motifs is 1. The van der Waals surface area contributed by atoms with Gasteiger partial charge >= 0.3 is 0 Å². The minimum absolute atomic E-state index is 0.179. The van der Waals surface area contributed by atoms with Gasteiger partial charge in [0, 0.05) is 19.8 Å². The average molecular weight is 373 g/mol. The zero-order valence-electron chi connectivity index (χ0n) is 14.3. The van der Waals surface area contributed by atoms with Crippen LogP contribution in [0.15, 0.2) is 46.3 Å². The third-order valence-corrected chi connectivity index (χ3v) is 6.71. The van der Waals surface area contributed by atoms with Crippen LogP contribution in [0.1, 0.15) is 31.0 Å². The highest BCUT2D eigenvalue weighted by atomic mass is 32.2. The molecule has 4 rings (SSSR count). The van der Waals surface area contributed by atoms with Crippen molar-refractivity contribution in [2.75, 3.05) is 6.54 Å². The van der Waals surface area contributed by atoms with E-state index in [2.05, 4.69) is 15.1 Å². The van der Waals surface area contributed by atoms with Crippen LogP contribution >= 0.6 is 0 Å². The number of nitrogens with zero attached hydrogens (tertiary/aromatic N) is 4. The molecule has 1 atom stereocenters. The van der Waals surface area contributed by atoms with Gasteiger partial charge in [-0.2, -0.15) is 9.40 Å². The number of hydrogen-bond acceptors (Lipinski definition) is 5. The molecule has 1 unspecified atom stereocenters. The quantitative estimate of drug-likeness (QED) is 0.751. The molecule has 0 radical (unpaired) electrons. The monoisotopic (exact) mass is 373 g/mol. The Balaban J connectivity index is 1.78. The molecule has 0 saturated carbocycles. The minimum atomic E-state index is -3.70. The van der Waals surface area contributed by atoms with Gasteiger partial charge in [-0.15, -0.1) is 0 Å². The van der Waals surface area contributed by atoms with E-state index in [-0.39, 0.29) is 16.5 Å². The second-order valence-electron chi connectivity index (χ2n) is 6.43. The fourth-order valence-corrected chi connectivity index (χ4v) is 5.20. The molecule has 26 heavy (non-hydrogen) atoms. The molecule has 0 bridgehead atoms. The molecule has 0 aliphatic carbocycles. The summed E-state index contributed by atoms with van der Waals surface area (Å²) in [5, 5.41) is 4.18. The van der Waals surface area contributed by atoms with Crippen LogP contribution in [-0.4, -0.2) is 39.0 Å². The van der Waals surface area contributed by atoms with E-state index in [0.717, 1.165) is 31.2 Å². The maximum absolute atomic E-state index is 13.3. The first kappa shape index (κ1) is 16.9. The van der Waals surface area contributed by atoms with E-state index >= 15 is 0 Å². The Bertz CT molecular complexity index is 1120. The van der Waals surface area contributed by atoms with Crippen molar-refractivity contribution < 1.29 is 8.42 Å². The molecule has 2 aromatic heterocycles. The molecule has 136 valence electrons. The number of piperidine rings is 1. The van der Waals surface area contributed by atoms with Crippen LogP contribution in [0.5, 0.6) is 0 Å². The fraction of sp³-hybridized carbons (Fsp3) is 0.353. The molecule has 3 aromatic rings. The minimum Gasteiger partial charge on any atom is -0.319 e. The van der Waals surface area contributed by atoms with E-state index < -0.39 is 10.0 Å². The van der Waals surface area contributed by atoms with E-state index in [1.54, 1.807) is 21.3 Å². The van der Waals surface area contributed by atoms with Gasteiger partial charge in [0.2, 0.25) is 10.0 Å². The van der Waals surface area contributed by atoms with Gasteiger partial charge < -0.3 is 4.98 Å². The van der Waals surface area contributed by atoms with Crippen molar-refractivity contribution in [1.29, 1.82) is 0 Å². The lowest BCUT2D eigenvalue weighted by Gasteiger charge is -2.34. The van der Waals surface area contributed by atoms with Gasteiger partial charge in [0.1, 0.15) is 0 Å². The summed E-state index contributed by atoms with van der Waals surface area (Å²) in [7, 11) is -1.87. The number of rotatable bonds is 3. The number of hydrogen-bond donors (Lipinski definition) is 1. The number of aromatic nitrogens is 4. The molecular weight excluding hydrogens is 354 g/mol. The lowest BCUT2D eigenvalue weighted by molar-refractivity contribution is 0.246. The third-order valence-electron chi connectivity index (χ3n) is 4.81. The predicted octanol–water partition coefficient (Wildman–Crippen LogP) is 1.57. The second kappa shape index (κ2) is 6.33. The molecule has 1 saturated heterocycles. The maximum Gasteiger partial charge on any atom is 0.266 e. The highest BCUT2D eigenvalue weighted by molar-refractivity contribution is 7.89. The number of benzene rings is 1. The molecule has 0 amide bonds. The Kier molecular flexibility index (Phi) is 4.12. The van der Waals surface area contributed by atoms with Crippen molar-refractivity contribution in [3.8, 4) is 0 Å². The van der Waals surface area contributed by atoms with Crippen molar-refractivity contribution >= 4 is 21.1 Å². The van der Waals surface area contributed by atoms with E-state index in [0.29, 0.717) is 17.6 Å². The summed E-state index contributed by atoms with van der Waals surface area (Å²) in [5.74, 6) is 0. The van der Waals surface area contributed by atoms with Gasteiger partial charge in [0.05, 0.1) is 33.9 Å². The van der Waals surface area contributed by atoms with Crippen LogP contribution in [0, 0.1) is 0 Å². The summed E-state index contributed by atoms with van der Waals surface area (Å²) in [6.07, 6.45) is 5.40. The summed E-state index contributed by atoms with van der Waals surface area (Å²) >= 11 is 0. The zero-order chi connectivity index (χ0) is 18.3. The van der Waals surface area contributed by atoms with Crippen LogP contribution < -0.4 is 5.56 Å². The Hall–Kier alpha value is -2.52. The molecule has 1 fully saturated rings. The molecule has 9 heteroatoms. The summed E-state index contributed by atoms with van der Waals surface area (Å²) in [6, 6.07) is 6.24. The van der Waals surface area contributed by atoms with E-state index in [4.69, 9.17) is 0 Å². The SMILES string of the molecule is Cn1nccc1C1CCCCN1S(=O)(=O)c1ccc2[nH]c(=O)cnc2c1. The predicted molar refractivity (Wildman–Crippen MR) is 96.1 cm³/mol. The van der Waals surface area contributed by atoms with Crippen LogP contribution in [-0.2, 0) is 17.1 Å². The number of H-pyrrole nitrogens is 1. The lowest BCUT2D eigenvalue weighted by Crippen LogP contribution is -2.39. The maximum atomic E-state index is 13.3. The van der Waals surface area contributed by atoms with Crippen molar-refractivity contribution in [3.63, 3.8) is 0 Å². The van der Waals surface area contributed by atoms with Crippen molar-refractivity contribution in [3.05, 3.63) is 52.7 Å². The summed E-state index contributed by atoms with van der Waals surface area (Å²) in [4.78, 5) is 18.2. The van der Waals surface area contributed by atoms with Crippen molar-refractivity contribution in [2.45, 2.75) is 30.2 Å². The van der Waals surface area contributed by atoms with Gasteiger partial charge in [0.25, 0.3) is 5.56 Å². The Labute approximate surface area is 150 Å². The Morgan fingerprint density at radius 3 is 2.85 bits per heavy atom. The van der Waals surface area contributed by atoms with Gasteiger partial charge in [-0.3, -0.25) is 9.48 Å². The Morgan fingerprint density at radius 1 is 1.23 bits per heavy atom. The highest BCUT2D eigenvalue weighted by Gasteiger charge is 2.35. The Morgan fingerprint density at radius 2 is 2.08 bits per heavy atom.